The number of benzene rings is 3. The number of thiocarbonyl (C=S) groups is 1. The Kier molecular flexibility index (Phi) is 6.86. The zero-order valence-corrected chi connectivity index (χ0v) is 22.5. The van der Waals surface area contributed by atoms with Crippen LogP contribution in [0.15, 0.2) is 47.6 Å². The van der Waals surface area contributed by atoms with Gasteiger partial charge in [0, 0.05) is 42.4 Å². The number of nitro benzene ring substituents is 1. The molecule has 0 saturated heterocycles. The number of nitrogens with one attached hydrogen (secondary N) is 1. The molecule has 3 aromatic carbocycles. The molecule has 3 aromatic rings. The van der Waals surface area contributed by atoms with E-state index in [1.807, 2.05) is 6.07 Å². The van der Waals surface area contributed by atoms with E-state index in [2.05, 4.69) is 27.6 Å². The van der Waals surface area contributed by atoms with Crippen molar-refractivity contribution < 1.29 is 23.9 Å². The number of hydrogen-bond donors (Lipinski definition) is 2. The molecule has 0 spiro atoms. The predicted octanol–water partition coefficient (Wildman–Crippen LogP) is 3.73. The molecule has 0 radical (unpaired) electrons. The van der Waals surface area contributed by atoms with Gasteiger partial charge in [0.25, 0.3) is 5.69 Å². The number of non-ortho nitro benzene ring substituents is 1. The average Bonchev–Trinajstić information content (AvgIpc) is 3.41. The predicted molar refractivity (Wildman–Crippen MR) is 151 cm³/mol. The molecule has 6 rings (SSSR count). The Balaban J connectivity index is 1.38. The first kappa shape index (κ1) is 25.8. The molecule has 3 N–H and O–H groups in total. The van der Waals surface area contributed by atoms with Crippen LogP contribution in [0.2, 0.25) is 0 Å². The molecule has 3 aliphatic heterocycles. The van der Waals surface area contributed by atoms with Crippen molar-refractivity contribution in [3.63, 3.8) is 0 Å². The molecule has 0 aliphatic carbocycles. The Hall–Kier alpha value is -4.42. The molecule has 3 heterocycles. The second-order valence-corrected chi connectivity index (χ2v) is 10.2. The molecule has 0 aromatic heterocycles. The van der Waals surface area contributed by atoms with E-state index < -0.39 is 4.92 Å². The van der Waals surface area contributed by atoms with Gasteiger partial charge in [0.1, 0.15) is 6.61 Å². The van der Waals surface area contributed by atoms with Gasteiger partial charge in [-0.2, -0.15) is 5.10 Å². The summed E-state index contributed by atoms with van der Waals surface area (Å²) in [4.78, 5) is 13.1. The normalized spacial score (nSPS) is 17.1. The summed E-state index contributed by atoms with van der Waals surface area (Å²) < 4.78 is 23.4. The Labute approximate surface area is 235 Å². The van der Waals surface area contributed by atoms with Gasteiger partial charge in [0.15, 0.2) is 28.1 Å². The van der Waals surface area contributed by atoms with Crippen LogP contribution >= 0.6 is 12.2 Å². The Morgan fingerprint density at radius 2 is 2.02 bits per heavy atom. The SMILES string of the molecule is COc1cc(/C=N/NC(N)=S)c2c(c1OCc1ccc([N+](=O)[O-])cc1)CN1CCc3cc4c(cc3C1C2)OCO4. The third kappa shape index (κ3) is 4.87. The molecule has 1 unspecified atom stereocenters. The van der Waals surface area contributed by atoms with E-state index in [0.717, 1.165) is 46.7 Å². The second-order valence-electron chi connectivity index (χ2n) is 9.75. The van der Waals surface area contributed by atoms with Crippen molar-refractivity contribution in [2.45, 2.75) is 32.0 Å². The first-order valence-corrected chi connectivity index (χ1v) is 13.2. The largest absolute Gasteiger partial charge is 0.493 e. The topological polar surface area (TPSA) is 134 Å². The van der Waals surface area contributed by atoms with Crippen LogP contribution in [0, 0.1) is 10.1 Å². The standard InChI is InChI=1S/C28H27N5O6S/c1-36-26-9-18(12-30-31-28(29)40)20-10-23-21-11-25-24(38-15-39-25)8-17(21)6-7-32(23)13-22(20)27(26)37-14-16-2-4-19(5-3-16)33(34)35/h2-5,8-9,11-12,23H,6-7,10,13-15H2,1H3,(H3,29,31,40)/b30-12+. The van der Waals surface area contributed by atoms with Crippen molar-refractivity contribution in [1.29, 1.82) is 0 Å². The Morgan fingerprint density at radius 3 is 2.75 bits per heavy atom. The van der Waals surface area contributed by atoms with Gasteiger partial charge in [-0.25, -0.2) is 0 Å². The molecule has 0 amide bonds. The maximum atomic E-state index is 11.0. The summed E-state index contributed by atoms with van der Waals surface area (Å²) in [5.74, 6) is 2.78. The number of nitro groups is 1. The number of rotatable bonds is 7. The molecular weight excluding hydrogens is 534 g/mol. The fourth-order valence-electron chi connectivity index (χ4n) is 5.59. The number of nitrogens with two attached hydrogens (primary N) is 1. The zero-order chi connectivity index (χ0) is 27.8. The van der Waals surface area contributed by atoms with Gasteiger partial charge in [0.05, 0.1) is 18.2 Å². The minimum atomic E-state index is -0.420. The van der Waals surface area contributed by atoms with E-state index in [1.54, 1.807) is 25.5 Å². The molecule has 0 saturated carbocycles. The molecule has 11 nitrogen and oxygen atoms in total. The highest BCUT2D eigenvalue weighted by molar-refractivity contribution is 7.80. The van der Waals surface area contributed by atoms with Crippen molar-refractivity contribution in [1.82, 2.24) is 10.3 Å². The van der Waals surface area contributed by atoms with Crippen molar-refractivity contribution in [3.8, 4) is 23.0 Å². The van der Waals surface area contributed by atoms with Gasteiger partial charge in [-0.05, 0) is 77.6 Å². The lowest BCUT2D eigenvalue weighted by Crippen LogP contribution is -2.40. The summed E-state index contributed by atoms with van der Waals surface area (Å²) in [7, 11) is 1.60. The number of hydrazone groups is 1. The minimum Gasteiger partial charge on any atom is -0.493 e. The van der Waals surface area contributed by atoms with E-state index in [-0.39, 0.29) is 30.2 Å². The summed E-state index contributed by atoms with van der Waals surface area (Å²) in [6, 6.07) is 12.6. The highest BCUT2D eigenvalue weighted by Gasteiger charge is 2.37. The monoisotopic (exact) mass is 561 g/mol. The van der Waals surface area contributed by atoms with Crippen LogP contribution < -0.4 is 30.1 Å². The fourth-order valence-corrected chi connectivity index (χ4v) is 5.64. The number of hydrogen-bond acceptors (Lipinski definition) is 9. The zero-order valence-electron chi connectivity index (χ0n) is 21.7. The van der Waals surface area contributed by atoms with Crippen LogP contribution in [0.25, 0.3) is 0 Å². The first-order valence-electron chi connectivity index (χ1n) is 12.7. The van der Waals surface area contributed by atoms with Gasteiger partial charge in [0.2, 0.25) is 6.79 Å². The van der Waals surface area contributed by atoms with E-state index >= 15 is 0 Å². The van der Waals surface area contributed by atoms with Gasteiger partial charge in [-0.1, -0.05) is 0 Å². The molecule has 40 heavy (non-hydrogen) atoms. The van der Waals surface area contributed by atoms with Crippen molar-refractivity contribution in [2.24, 2.45) is 10.8 Å². The minimum absolute atomic E-state index is 0.0342. The van der Waals surface area contributed by atoms with E-state index in [0.29, 0.717) is 24.5 Å². The van der Waals surface area contributed by atoms with Crippen molar-refractivity contribution >= 4 is 29.2 Å². The summed E-state index contributed by atoms with van der Waals surface area (Å²) in [6.07, 6.45) is 3.31. The summed E-state index contributed by atoms with van der Waals surface area (Å²) in [5, 5.41) is 15.3. The van der Waals surface area contributed by atoms with Crippen LogP contribution in [-0.2, 0) is 26.0 Å². The van der Waals surface area contributed by atoms with Crippen LogP contribution in [-0.4, -0.2) is 41.6 Å². The van der Waals surface area contributed by atoms with E-state index in [9.17, 15) is 10.1 Å². The molecular formula is C28H27N5O6S. The van der Waals surface area contributed by atoms with Crippen molar-refractivity contribution in [3.05, 3.63) is 86.0 Å². The number of methoxy groups -OCH3 is 1. The van der Waals surface area contributed by atoms with Crippen LogP contribution in [0.1, 0.15) is 39.4 Å². The van der Waals surface area contributed by atoms with Crippen LogP contribution in [0.5, 0.6) is 23.0 Å². The number of fused-ring (bicyclic) bond motifs is 5. The quantitative estimate of drug-likeness (QED) is 0.190. The molecule has 12 heteroatoms. The third-order valence-corrected chi connectivity index (χ3v) is 7.58. The first-order chi connectivity index (χ1) is 19.4. The summed E-state index contributed by atoms with van der Waals surface area (Å²) in [6.45, 7) is 1.99. The average molecular weight is 562 g/mol. The molecule has 206 valence electrons. The molecule has 1 atom stereocenters. The maximum Gasteiger partial charge on any atom is 0.269 e. The second kappa shape index (κ2) is 10.6. The summed E-state index contributed by atoms with van der Waals surface area (Å²) >= 11 is 4.91. The maximum absolute atomic E-state index is 11.0. The van der Waals surface area contributed by atoms with Gasteiger partial charge in [-0.3, -0.25) is 20.4 Å². The smallest absolute Gasteiger partial charge is 0.269 e. The lowest BCUT2D eigenvalue weighted by molar-refractivity contribution is -0.384. The summed E-state index contributed by atoms with van der Waals surface area (Å²) in [5.41, 5.74) is 14.5. The number of nitrogens with zero attached hydrogens (tertiary/aromatic N) is 3. The molecule has 0 fully saturated rings. The van der Waals surface area contributed by atoms with Crippen LogP contribution in [0.3, 0.4) is 0 Å². The van der Waals surface area contributed by atoms with E-state index in [1.165, 1.54) is 23.3 Å². The van der Waals surface area contributed by atoms with E-state index in [4.69, 9.17) is 36.9 Å². The van der Waals surface area contributed by atoms with Gasteiger partial charge >= 0.3 is 0 Å². The Bertz CT molecular complexity index is 1530. The Morgan fingerprint density at radius 1 is 1.25 bits per heavy atom. The fraction of sp³-hybridized carbons (Fsp3) is 0.286. The highest BCUT2D eigenvalue weighted by Crippen LogP contribution is 2.47. The lowest BCUT2D eigenvalue weighted by Gasteiger charge is -2.42. The van der Waals surface area contributed by atoms with Crippen molar-refractivity contribution in [2.75, 3.05) is 20.4 Å². The van der Waals surface area contributed by atoms with Gasteiger partial charge in [-0.15, -0.1) is 0 Å². The molecule has 0 bridgehead atoms. The number of ether oxygens (including phenoxy) is 4. The van der Waals surface area contributed by atoms with Crippen LogP contribution in [0.4, 0.5) is 5.69 Å². The van der Waals surface area contributed by atoms with Gasteiger partial charge < -0.3 is 24.7 Å². The third-order valence-electron chi connectivity index (χ3n) is 7.49. The molecule has 3 aliphatic rings. The lowest BCUT2D eigenvalue weighted by atomic mass is 9.82. The highest BCUT2D eigenvalue weighted by atomic mass is 32.1.